The van der Waals surface area contributed by atoms with Crippen LogP contribution in [-0.2, 0) is 16.2 Å². The van der Waals surface area contributed by atoms with Gasteiger partial charge >= 0.3 is 0 Å². The van der Waals surface area contributed by atoms with Gasteiger partial charge in [0.25, 0.3) is 0 Å². The zero-order valence-electron chi connectivity index (χ0n) is 56.1. The second-order valence-corrected chi connectivity index (χ2v) is 28.0. The summed E-state index contributed by atoms with van der Waals surface area (Å²) in [7, 11) is 0. The van der Waals surface area contributed by atoms with Crippen LogP contribution in [0, 0.1) is 20.8 Å². The highest BCUT2D eigenvalue weighted by Crippen LogP contribution is 2.64. The molecule has 0 saturated carbocycles. The van der Waals surface area contributed by atoms with Gasteiger partial charge in [0.05, 0.1) is 5.41 Å². The molecule has 0 amide bonds. The van der Waals surface area contributed by atoms with Crippen LogP contribution >= 0.6 is 0 Å². The zero-order valence-corrected chi connectivity index (χ0v) is 56.1. The number of nitrogens with zero attached hydrogens (tertiary/aromatic N) is 2. The van der Waals surface area contributed by atoms with Gasteiger partial charge in [-0.1, -0.05) is 266 Å². The lowest BCUT2D eigenvalue weighted by Crippen LogP contribution is -2.26. The molecule has 0 atom stereocenters. The van der Waals surface area contributed by atoms with Crippen molar-refractivity contribution in [2.75, 3.05) is 9.80 Å². The maximum atomic E-state index is 2.64. The Morgan fingerprint density at radius 2 is 0.585 bits per heavy atom. The van der Waals surface area contributed by atoms with Gasteiger partial charge in [-0.2, -0.15) is 0 Å². The highest BCUT2D eigenvalue weighted by Gasteiger charge is 2.52. The van der Waals surface area contributed by atoms with E-state index in [0.717, 1.165) is 42.7 Å². The fraction of sp³-hybridized carbons (Fsp3) is 0.239. The molecule has 0 heterocycles. The Balaban J connectivity index is 0.830. The first kappa shape index (κ1) is 59.5. The quantitative estimate of drug-likeness (QED) is 0.0796. The maximum Gasteiger partial charge on any atom is 0.0726 e. The summed E-state index contributed by atoms with van der Waals surface area (Å²) in [5.74, 6) is 0. The smallest absolute Gasteiger partial charge is 0.0726 e. The predicted octanol–water partition coefficient (Wildman–Crippen LogP) is 26.0. The molecule has 0 fully saturated rings. The molecule has 0 radical (unpaired) electrons. The molecule has 2 heteroatoms. The lowest BCUT2D eigenvalue weighted by atomic mass is 9.70. The Bertz CT molecular complexity index is 4720. The number of fused-ring (bicyclic) bond motifs is 17. The van der Waals surface area contributed by atoms with Crippen molar-refractivity contribution in [2.24, 2.45) is 0 Å². The lowest BCUT2D eigenvalue weighted by Gasteiger charge is -2.35. The van der Waals surface area contributed by atoms with E-state index in [2.05, 4.69) is 307 Å². The normalized spacial score (nSPS) is 14.2. The van der Waals surface area contributed by atoms with Gasteiger partial charge < -0.3 is 9.80 Å². The molecular formula is C92H86N2. The molecule has 4 aliphatic rings. The van der Waals surface area contributed by atoms with Crippen molar-refractivity contribution in [3.63, 3.8) is 0 Å². The van der Waals surface area contributed by atoms with E-state index in [1.54, 1.807) is 0 Å². The van der Waals surface area contributed by atoms with E-state index >= 15 is 0 Å². The van der Waals surface area contributed by atoms with E-state index in [1.165, 1.54) is 196 Å². The second kappa shape index (κ2) is 23.8. The number of aryl methyl sites for hydroxylation is 3. The number of rotatable bonds is 19. The molecule has 12 aromatic rings. The van der Waals surface area contributed by atoms with Crippen LogP contribution in [0.2, 0.25) is 0 Å². The Kier molecular flexibility index (Phi) is 15.1. The Morgan fingerprint density at radius 3 is 1.04 bits per heavy atom. The zero-order chi connectivity index (χ0) is 63.9. The Hall–Kier alpha value is -9.50. The molecule has 0 aliphatic heterocycles. The van der Waals surface area contributed by atoms with Gasteiger partial charge in [-0.25, -0.2) is 0 Å². The molecule has 0 bridgehead atoms. The summed E-state index contributed by atoms with van der Waals surface area (Å²) >= 11 is 0. The van der Waals surface area contributed by atoms with Crippen LogP contribution in [-0.4, -0.2) is 0 Å². The Labute approximate surface area is 558 Å². The number of benzene rings is 12. The standard InChI is InChI=1S/C92H86N2/c1-8-12-50-90(51-13-9-2)85-54-61(5)32-44-77(85)79-47-41-70(58-87(79)90)94(71-42-48-80-78-45-33-62(6)55-86(78)91(52-14-10-3,53-15-11-4)88(80)59-71)68-40-46-73(63(7)56-68)65-35-37-67(38-36-65)93(69-39-34-64-24-16-17-25-66(64)57-69)72-43-49-81-76-28-20-23-31-84(76)92(89(81)60-72)82-29-21-18-26-74(82)75-27-19-22-30-83(75)92/h16-49,54-60H,8-15,50-53H2,1-7H3. The van der Waals surface area contributed by atoms with Crippen LogP contribution in [0.3, 0.4) is 0 Å². The first-order chi connectivity index (χ1) is 46.1. The van der Waals surface area contributed by atoms with Gasteiger partial charge in [-0.3, -0.25) is 0 Å². The SMILES string of the molecule is CCCCC1(CCCC)c2cc(C)ccc2-c2ccc(N(c3ccc(-c4ccc(N(c5ccc6c(c5)C5(c7ccccc7-c7ccccc75)c5ccccc5-6)c5ccc6ccccc6c5)cc4)c(C)c3)c3ccc4c(c3)C(CCCC)(CCCC)c3cc(C)ccc3-4)cc21. The summed E-state index contributed by atoms with van der Waals surface area (Å²) < 4.78 is 0. The molecule has 0 saturated heterocycles. The molecule has 4 aliphatic carbocycles. The topological polar surface area (TPSA) is 6.48 Å². The lowest BCUT2D eigenvalue weighted by molar-refractivity contribution is 0.414. The molecular weight excluding hydrogens is 1130 g/mol. The monoisotopic (exact) mass is 1220 g/mol. The van der Waals surface area contributed by atoms with Gasteiger partial charge in [0.15, 0.2) is 0 Å². The van der Waals surface area contributed by atoms with Crippen molar-refractivity contribution in [1.82, 2.24) is 0 Å². The van der Waals surface area contributed by atoms with E-state index in [9.17, 15) is 0 Å². The average molecular weight is 1220 g/mol. The van der Waals surface area contributed by atoms with Crippen molar-refractivity contribution in [2.45, 2.75) is 142 Å². The molecule has 1 spiro atoms. The molecule has 16 rings (SSSR count). The fourth-order valence-electron chi connectivity index (χ4n) is 18.0. The van der Waals surface area contributed by atoms with Crippen molar-refractivity contribution in [3.05, 3.63) is 310 Å². The van der Waals surface area contributed by atoms with Gasteiger partial charge in [0.1, 0.15) is 0 Å². The highest BCUT2D eigenvalue weighted by molar-refractivity contribution is 5.98. The average Bonchev–Trinajstić information content (AvgIpc) is 1.52. The molecule has 464 valence electrons. The third kappa shape index (κ3) is 9.24. The first-order valence-electron chi connectivity index (χ1n) is 35.4. The molecule has 94 heavy (non-hydrogen) atoms. The summed E-state index contributed by atoms with van der Waals surface area (Å²) in [4.78, 5) is 5.11. The largest absolute Gasteiger partial charge is 0.310 e. The van der Waals surface area contributed by atoms with Crippen LogP contribution in [0.25, 0.3) is 66.4 Å². The number of hydrogen-bond donors (Lipinski definition) is 0. The van der Waals surface area contributed by atoms with E-state index in [4.69, 9.17) is 0 Å². The first-order valence-corrected chi connectivity index (χ1v) is 35.4. The molecule has 0 aromatic heterocycles. The summed E-state index contributed by atoms with van der Waals surface area (Å²) in [6.45, 7) is 16.4. The second-order valence-electron chi connectivity index (χ2n) is 28.0. The minimum atomic E-state index is -0.452. The molecule has 0 N–H and O–H groups in total. The van der Waals surface area contributed by atoms with Gasteiger partial charge in [0.2, 0.25) is 0 Å². The minimum Gasteiger partial charge on any atom is -0.310 e. The molecule has 2 nitrogen and oxygen atoms in total. The third-order valence-corrected chi connectivity index (χ3v) is 22.5. The van der Waals surface area contributed by atoms with Crippen LogP contribution in [0.4, 0.5) is 34.1 Å². The highest BCUT2D eigenvalue weighted by atomic mass is 15.1. The van der Waals surface area contributed by atoms with E-state index in [-0.39, 0.29) is 10.8 Å². The summed E-state index contributed by atoms with van der Waals surface area (Å²) in [6.07, 6.45) is 14.1. The van der Waals surface area contributed by atoms with Gasteiger partial charge in [-0.05, 0) is 236 Å². The van der Waals surface area contributed by atoms with E-state index in [1.807, 2.05) is 0 Å². The summed E-state index contributed by atoms with van der Waals surface area (Å²) in [5.41, 5.74) is 35.2. The van der Waals surface area contributed by atoms with E-state index < -0.39 is 5.41 Å². The van der Waals surface area contributed by atoms with E-state index in [0.29, 0.717) is 0 Å². The Morgan fingerprint density at radius 1 is 0.255 bits per heavy atom. The van der Waals surface area contributed by atoms with Crippen LogP contribution in [0.15, 0.2) is 249 Å². The van der Waals surface area contributed by atoms with Crippen LogP contribution < -0.4 is 9.80 Å². The third-order valence-electron chi connectivity index (χ3n) is 22.5. The van der Waals surface area contributed by atoms with Crippen molar-refractivity contribution in [3.8, 4) is 55.6 Å². The number of anilines is 6. The predicted molar refractivity (Wildman–Crippen MR) is 400 cm³/mol. The van der Waals surface area contributed by atoms with Gasteiger partial charge in [0, 0.05) is 45.0 Å². The minimum absolute atomic E-state index is 0.0455. The summed E-state index contributed by atoms with van der Waals surface area (Å²) in [6, 6.07) is 96.8. The molecule has 0 unspecified atom stereocenters. The van der Waals surface area contributed by atoms with Crippen LogP contribution in [0.1, 0.15) is 166 Å². The van der Waals surface area contributed by atoms with Gasteiger partial charge in [-0.15, -0.1) is 0 Å². The number of unbranched alkanes of at least 4 members (excludes halogenated alkanes) is 4. The summed E-state index contributed by atoms with van der Waals surface area (Å²) in [5, 5.41) is 2.45. The van der Waals surface area contributed by atoms with Crippen molar-refractivity contribution in [1.29, 1.82) is 0 Å². The number of hydrogen-bond acceptors (Lipinski definition) is 2. The van der Waals surface area contributed by atoms with Crippen molar-refractivity contribution >= 4 is 44.9 Å². The fourth-order valence-corrected chi connectivity index (χ4v) is 18.0. The van der Waals surface area contributed by atoms with Crippen LogP contribution in [0.5, 0.6) is 0 Å². The molecule has 12 aromatic carbocycles. The van der Waals surface area contributed by atoms with Crippen molar-refractivity contribution < 1.29 is 0 Å². The maximum absolute atomic E-state index is 2.64.